The first kappa shape index (κ1) is 16.8. The van der Waals surface area contributed by atoms with Crippen LogP contribution in [0.4, 0.5) is 5.69 Å². The van der Waals surface area contributed by atoms with Gasteiger partial charge in [0.2, 0.25) is 9.81 Å². The van der Waals surface area contributed by atoms with E-state index in [0.717, 1.165) is 0 Å². The number of aliphatic hydroxyl groups is 1. The molecule has 0 aromatic heterocycles. The highest BCUT2D eigenvalue weighted by Crippen LogP contribution is 2.42. The maximum absolute atomic E-state index is 11.1. The molecule has 0 saturated carbocycles. The van der Waals surface area contributed by atoms with E-state index in [-0.39, 0.29) is 12.6 Å². The summed E-state index contributed by atoms with van der Waals surface area (Å²) in [5, 5.41) is 14.6. The molecular weight excluding hydrogens is 307 g/mol. The van der Waals surface area contributed by atoms with Gasteiger partial charge in [-0.25, -0.2) is 0 Å². The Bertz CT molecular complexity index is 508. The molecule has 2 unspecified atom stereocenters. The molecule has 1 aromatic rings. The van der Waals surface area contributed by atoms with Crippen molar-refractivity contribution in [1.29, 1.82) is 1.43 Å². The van der Waals surface area contributed by atoms with Crippen molar-refractivity contribution in [2.75, 3.05) is 20.3 Å². The van der Waals surface area contributed by atoms with Crippen molar-refractivity contribution in [3.8, 4) is 0 Å². The van der Waals surface area contributed by atoms with Crippen molar-refractivity contribution in [3.63, 3.8) is 0 Å². The van der Waals surface area contributed by atoms with Crippen molar-refractivity contribution in [1.82, 2.24) is 0 Å². The van der Waals surface area contributed by atoms with Crippen LogP contribution < -0.4 is 0 Å². The fourth-order valence-electron chi connectivity index (χ4n) is 1.57. The highest BCUT2D eigenvalue weighted by atomic mass is 31.2. The van der Waals surface area contributed by atoms with E-state index in [1.807, 2.05) is 6.92 Å². The third-order valence-corrected chi connectivity index (χ3v) is 3.41. The normalized spacial score (nSPS) is 14.3. The monoisotopic (exact) mass is 333 g/mol. The van der Waals surface area contributed by atoms with Gasteiger partial charge in [0.05, 0.1) is 16.6 Å². The molecule has 8 heteroatoms. The zero-order chi connectivity index (χ0) is 18.4. The van der Waals surface area contributed by atoms with Crippen LogP contribution >= 0.6 is 8.38 Å². The lowest BCUT2D eigenvalue weighted by molar-refractivity contribution is -0.386. The number of para-hydroxylation sites is 1. The Hall–Kier alpha value is -1.56. The lowest BCUT2D eigenvalue weighted by atomic mass is 10.1. The highest BCUT2D eigenvalue weighted by molar-refractivity contribution is 7.46. The smallest absolute Gasteiger partial charge is 0.275 e. The molecule has 7 nitrogen and oxygen atoms in total. The van der Waals surface area contributed by atoms with Crippen molar-refractivity contribution in [3.05, 3.63) is 39.9 Å². The van der Waals surface area contributed by atoms with Crippen molar-refractivity contribution < 1.29 is 20.5 Å². The molecule has 1 aromatic carbocycles. The van der Waals surface area contributed by atoms with Gasteiger partial charge in [0.15, 0.2) is 6.40 Å². The Labute approximate surface area is 134 Å². The first-order chi connectivity index (χ1) is 11.5. The summed E-state index contributed by atoms with van der Waals surface area (Å²) in [6, 6.07) is 6.42. The molecule has 1 rings (SSSR count). The molecule has 0 aliphatic carbocycles. The van der Waals surface area contributed by atoms with E-state index in [9.17, 15) is 10.1 Å². The highest BCUT2D eigenvalue weighted by Gasteiger charge is 2.23. The molecule has 0 radical (unpaired) electrons. The zero-order valence-corrected chi connectivity index (χ0v) is 13.9. The van der Waals surface area contributed by atoms with E-state index >= 15 is 0 Å². The largest absolute Gasteiger partial charge is 0.437 e. The van der Waals surface area contributed by atoms with Gasteiger partial charge in [0.1, 0.15) is 0 Å². The molecule has 0 amide bonds. The van der Waals surface area contributed by atoms with Crippen LogP contribution in [0.25, 0.3) is 0 Å². The number of aliphatic hydroxyl groups excluding tert-OH is 1. The van der Waals surface area contributed by atoms with Gasteiger partial charge in [-0.05, 0) is 19.4 Å². The van der Waals surface area contributed by atoms with Crippen LogP contribution in [0, 0.1) is 10.1 Å². The number of aliphatic imine (C=N–C) groups is 1. The molecule has 0 saturated heterocycles. The molecule has 0 heterocycles. The van der Waals surface area contributed by atoms with Crippen LogP contribution in [0.1, 0.15) is 33.3 Å². The second kappa shape index (κ2) is 12.0. The van der Waals surface area contributed by atoms with Crippen LogP contribution in [-0.2, 0) is 9.05 Å². The van der Waals surface area contributed by atoms with Gasteiger partial charge in [-0.3, -0.25) is 15.1 Å². The summed E-state index contributed by atoms with van der Waals surface area (Å²) in [6.45, 7) is 4.37. The summed E-state index contributed by atoms with van der Waals surface area (Å²) in [4.78, 5) is 14.6. The van der Waals surface area contributed by atoms with E-state index in [1.165, 1.54) is 19.6 Å². The molecule has 124 valence electrons. The van der Waals surface area contributed by atoms with Gasteiger partial charge in [-0.15, -0.1) is 0 Å². The Morgan fingerprint density at radius 1 is 1.68 bits per heavy atom. The fraction of sp³-hybridized carbons (Fsp3) is 0.500. The molecule has 0 aliphatic heterocycles. The second-order valence-corrected chi connectivity index (χ2v) is 5.15. The van der Waals surface area contributed by atoms with E-state index < -0.39 is 19.4 Å². The van der Waals surface area contributed by atoms with E-state index in [4.69, 9.17) is 11.8 Å². The third kappa shape index (κ3) is 6.93. The SMILES string of the molecule is [2H]CCC(OP(C)OC=NCC)c1ccccc1[N+](=O)[O-].[3H]OC. The van der Waals surface area contributed by atoms with E-state index in [1.54, 1.807) is 24.9 Å². The third-order valence-electron chi connectivity index (χ3n) is 2.47. The van der Waals surface area contributed by atoms with Crippen molar-refractivity contribution in [2.24, 2.45) is 4.99 Å². The van der Waals surface area contributed by atoms with Crippen LogP contribution in [0.5, 0.6) is 0 Å². The van der Waals surface area contributed by atoms with Crippen molar-refractivity contribution >= 4 is 20.5 Å². The molecule has 0 spiro atoms. The first-order valence-electron chi connectivity index (χ1n) is 7.70. The maximum Gasteiger partial charge on any atom is 0.275 e. The zero-order valence-electron chi connectivity index (χ0n) is 15.0. The standard InChI is InChI=1S/C13H19N2O4P.CH4O/c1-4-13(19-20(3)18-10-14-5-2)11-8-6-7-9-12(11)15(16)17;1-2/h6-10,13H,4-5H2,1-3H3;2H,1H3/i1D;2T. The van der Waals surface area contributed by atoms with Crippen molar-refractivity contribution in [2.45, 2.75) is 26.3 Å². The Kier molecular flexibility index (Phi) is 9.19. The lowest BCUT2D eigenvalue weighted by Gasteiger charge is -2.19. The Morgan fingerprint density at radius 2 is 2.36 bits per heavy atom. The van der Waals surface area contributed by atoms with Crippen LogP contribution in [0.15, 0.2) is 29.3 Å². The summed E-state index contributed by atoms with van der Waals surface area (Å²) >= 11 is 0. The van der Waals surface area contributed by atoms with Crippen LogP contribution in [0.2, 0.25) is 0 Å². The average Bonchev–Trinajstić information content (AvgIpc) is 2.55. The number of nitrogens with zero attached hydrogens (tertiary/aromatic N) is 2. The molecule has 1 N–H and O–H groups in total. The molecular formula is C14H23N2O5P. The van der Waals surface area contributed by atoms with E-state index in [2.05, 4.69) is 10.1 Å². The summed E-state index contributed by atoms with van der Waals surface area (Å²) in [6.07, 6.45) is 1.17. The number of hydrogen-bond donors (Lipinski definition) is 1. The van der Waals surface area contributed by atoms with Crippen LogP contribution in [-0.4, -0.2) is 38.2 Å². The van der Waals surface area contributed by atoms with Gasteiger partial charge in [0, 0.05) is 27.8 Å². The Balaban J connectivity index is 0.00000163. The minimum Gasteiger partial charge on any atom is -0.437 e. The van der Waals surface area contributed by atoms with Gasteiger partial charge in [-0.2, -0.15) is 0 Å². The minimum atomic E-state index is -1.25. The van der Waals surface area contributed by atoms with Gasteiger partial charge in [-0.1, -0.05) is 19.0 Å². The van der Waals surface area contributed by atoms with Crippen LogP contribution in [0.3, 0.4) is 0 Å². The molecule has 2 atom stereocenters. The van der Waals surface area contributed by atoms with Gasteiger partial charge >= 0.3 is 0 Å². The summed E-state index contributed by atoms with van der Waals surface area (Å²) in [5.74, 6) is 0. The predicted octanol–water partition coefficient (Wildman–Crippen LogP) is 3.68. The lowest BCUT2D eigenvalue weighted by Crippen LogP contribution is -2.04. The minimum absolute atomic E-state index is 0.00146. The molecule has 22 heavy (non-hydrogen) atoms. The number of benzene rings is 1. The summed E-state index contributed by atoms with van der Waals surface area (Å²) in [5.41, 5.74) is 0.474. The second-order valence-electron chi connectivity index (χ2n) is 3.85. The number of nitro benzene ring substituents is 1. The maximum atomic E-state index is 11.1. The molecule has 0 bridgehead atoms. The fourth-order valence-corrected chi connectivity index (χ4v) is 2.40. The Morgan fingerprint density at radius 3 is 2.95 bits per heavy atom. The number of hydrogen-bond acceptors (Lipinski definition) is 6. The topological polar surface area (TPSA) is 94.2 Å². The average molecular weight is 333 g/mol. The first-order valence-corrected chi connectivity index (χ1v) is 8.21. The number of rotatable bonds is 8. The number of nitro groups is 1. The van der Waals surface area contributed by atoms with Gasteiger partial charge in [0.25, 0.3) is 5.69 Å². The molecule has 0 fully saturated rings. The summed E-state index contributed by atoms with van der Waals surface area (Å²) < 4.78 is 24.1. The molecule has 0 aliphatic rings. The van der Waals surface area contributed by atoms with E-state index in [0.29, 0.717) is 18.5 Å². The predicted molar refractivity (Wildman–Crippen MR) is 88.3 cm³/mol. The van der Waals surface area contributed by atoms with Gasteiger partial charge < -0.3 is 14.2 Å². The quantitative estimate of drug-likeness (QED) is 0.257. The summed E-state index contributed by atoms with van der Waals surface area (Å²) in [7, 11) is 0.0381.